The van der Waals surface area contributed by atoms with E-state index < -0.39 is 0 Å². The summed E-state index contributed by atoms with van der Waals surface area (Å²) in [7, 11) is 1.91. The molecule has 2 aromatic heterocycles. The van der Waals surface area contributed by atoms with E-state index >= 15 is 0 Å². The smallest absolute Gasteiger partial charge is 0.261 e. The molecule has 1 amide bonds. The average Bonchev–Trinajstić information content (AvgIpc) is 3.38. The van der Waals surface area contributed by atoms with E-state index in [4.69, 9.17) is 22.3 Å². The Hall–Kier alpha value is -4.54. The Morgan fingerprint density at radius 2 is 1.82 bits per heavy atom. The van der Waals surface area contributed by atoms with Gasteiger partial charge in [0.1, 0.15) is 11.6 Å². The number of amides is 1. The molecular formula is C33H29BrClN7O2. The number of carbonyl (C=O) groups is 1. The Labute approximate surface area is 267 Å². The average molecular weight is 671 g/mol. The van der Waals surface area contributed by atoms with Crippen LogP contribution in [0.2, 0.25) is 5.02 Å². The van der Waals surface area contributed by atoms with E-state index in [2.05, 4.69) is 26.1 Å². The molecule has 0 aliphatic carbocycles. The topological polar surface area (TPSA) is 112 Å². The van der Waals surface area contributed by atoms with Gasteiger partial charge < -0.3 is 15.2 Å². The molecule has 44 heavy (non-hydrogen) atoms. The van der Waals surface area contributed by atoms with Gasteiger partial charge in [0, 0.05) is 52.9 Å². The predicted molar refractivity (Wildman–Crippen MR) is 174 cm³/mol. The fourth-order valence-corrected chi connectivity index (χ4v) is 5.80. The van der Waals surface area contributed by atoms with Crippen LogP contribution in [0.25, 0.3) is 22.6 Å². The molecule has 222 valence electrons. The summed E-state index contributed by atoms with van der Waals surface area (Å²) in [6, 6.07) is 22.6. The van der Waals surface area contributed by atoms with E-state index in [1.807, 2.05) is 73.1 Å². The number of hydrogen-bond donors (Lipinski definition) is 1. The molecule has 3 heterocycles. The van der Waals surface area contributed by atoms with Gasteiger partial charge in [-0.15, -0.1) is 10.2 Å². The fraction of sp³-hybridized carbons (Fsp3) is 0.182. The monoisotopic (exact) mass is 669 g/mol. The third-order valence-corrected chi connectivity index (χ3v) is 9.12. The Morgan fingerprint density at radius 3 is 2.48 bits per heavy atom. The highest BCUT2D eigenvalue weighted by Crippen LogP contribution is 2.27. The standard InChI is InChI=1S/C33H29BrClN7O2/c1-20-38-39-31(40(20)2)22-8-11-25(12-9-22)42-30(24(18-36)16-21-6-4-3-5-7-21)37-29-19-41(15-14-26(29)33(42)44)32(43)23-10-13-27(34)28(35)17-23/h3-13,17-18H,14-16,19,36H2,1-2H3. The Kier molecular flexibility index (Phi) is 8.20. The quantitative estimate of drug-likeness (QED) is 0.256. The van der Waals surface area contributed by atoms with Crippen molar-refractivity contribution in [2.75, 3.05) is 6.54 Å². The summed E-state index contributed by atoms with van der Waals surface area (Å²) >= 11 is 9.64. The summed E-state index contributed by atoms with van der Waals surface area (Å²) in [5.41, 5.74) is 10.9. The number of hydrogen-bond acceptors (Lipinski definition) is 6. The van der Waals surface area contributed by atoms with E-state index in [1.165, 1.54) is 6.20 Å². The third-order valence-electron chi connectivity index (χ3n) is 7.89. The lowest BCUT2D eigenvalue weighted by Crippen LogP contribution is -2.41. The number of rotatable bonds is 6. The number of benzene rings is 3. The van der Waals surface area contributed by atoms with Crippen molar-refractivity contribution < 1.29 is 4.79 Å². The van der Waals surface area contributed by atoms with E-state index in [9.17, 15) is 9.59 Å². The first-order valence-corrected chi connectivity index (χ1v) is 15.2. The van der Waals surface area contributed by atoms with Gasteiger partial charge in [-0.05, 0) is 77.3 Å². The van der Waals surface area contributed by atoms with Crippen LogP contribution in [0.1, 0.15) is 38.8 Å². The lowest BCUT2D eigenvalue weighted by Gasteiger charge is -2.29. The Balaban J connectivity index is 1.43. The van der Waals surface area contributed by atoms with Gasteiger partial charge in [0.2, 0.25) is 0 Å². The van der Waals surface area contributed by atoms with Crippen LogP contribution >= 0.6 is 27.5 Å². The maximum Gasteiger partial charge on any atom is 0.261 e. The summed E-state index contributed by atoms with van der Waals surface area (Å²) in [5.74, 6) is 1.79. The summed E-state index contributed by atoms with van der Waals surface area (Å²) in [5, 5.41) is 8.90. The zero-order valence-electron chi connectivity index (χ0n) is 24.2. The maximum absolute atomic E-state index is 14.3. The van der Waals surface area contributed by atoms with Crippen LogP contribution in [-0.4, -0.2) is 41.7 Å². The molecule has 0 saturated carbocycles. The molecule has 0 unspecified atom stereocenters. The number of fused-ring (bicyclic) bond motifs is 1. The second-order valence-electron chi connectivity index (χ2n) is 10.6. The highest BCUT2D eigenvalue weighted by atomic mass is 79.9. The van der Waals surface area contributed by atoms with Gasteiger partial charge in [0.25, 0.3) is 11.5 Å². The minimum absolute atomic E-state index is 0.175. The molecule has 2 N–H and O–H groups in total. The molecule has 1 aliphatic heterocycles. The molecule has 11 heteroatoms. The van der Waals surface area contributed by atoms with Gasteiger partial charge in [0.05, 0.1) is 22.9 Å². The molecule has 0 fully saturated rings. The van der Waals surface area contributed by atoms with Crippen molar-refractivity contribution in [3.8, 4) is 17.1 Å². The lowest BCUT2D eigenvalue weighted by atomic mass is 10.0. The molecule has 0 radical (unpaired) electrons. The van der Waals surface area contributed by atoms with Crippen molar-refractivity contribution in [3.05, 3.63) is 133 Å². The maximum atomic E-state index is 14.3. The Bertz CT molecular complexity index is 1970. The fourth-order valence-electron chi connectivity index (χ4n) is 5.37. The molecule has 0 atom stereocenters. The van der Waals surface area contributed by atoms with Gasteiger partial charge in [-0.25, -0.2) is 4.98 Å². The van der Waals surface area contributed by atoms with Crippen LogP contribution in [0.15, 0.2) is 88.3 Å². The van der Waals surface area contributed by atoms with Gasteiger partial charge in [-0.1, -0.05) is 41.9 Å². The second-order valence-corrected chi connectivity index (χ2v) is 11.9. The van der Waals surface area contributed by atoms with Gasteiger partial charge in [-0.3, -0.25) is 14.2 Å². The van der Waals surface area contributed by atoms with Crippen molar-refractivity contribution >= 4 is 39.0 Å². The molecule has 5 aromatic rings. The number of aryl methyl sites for hydroxylation is 1. The Morgan fingerprint density at radius 1 is 1.07 bits per heavy atom. The number of nitrogens with zero attached hydrogens (tertiary/aromatic N) is 6. The largest absolute Gasteiger partial charge is 0.404 e. The minimum Gasteiger partial charge on any atom is -0.404 e. The van der Waals surface area contributed by atoms with Gasteiger partial charge in [-0.2, -0.15) is 0 Å². The van der Waals surface area contributed by atoms with Crippen LogP contribution in [-0.2, 0) is 26.4 Å². The third kappa shape index (κ3) is 5.58. The number of halogens is 2. The molecular weight excluding hydrogens is 642 g/mol. The van der Waals surface area contributed by atoms with Crippen LogP contribution in [0.3, 0.4) is 0 Å². The van der Waals surface area contributed by atoms with E-state index in [-0.39, 0.29) is 18.0 Å². The van der Waals surface area contributed by atoms with Crippen LogP contribution in [0.4, 0.5) is 0 Å². The summed E-state index contributed by atoms with van der Waals surface area (Å²) in [6.07, 6.45) is 2.34. The first-order chi connectivity index (χ1) is 21.2. The number of aromatic nitrogens is 5. The van der Waals surface area contributed by atoms with Crippen molar-refractivity contribution in [3.63, 3.8) is 0 Å². The molecule has 9 nitrogen and oxygen atoms in total. The van der Waals surface area contributed by atoms with Crippen molar-refractivity contribution in [2.24, 2.45) is 12.8 Å². The number of carbonyl (C=O) groups excluding carboxylic acids is 1. The lowest BCUT2D eigenvalue weighted by molar-refractivity contribution is 0.0731. The van der Waals surface area contributed by atoms with Gasteiger partial charge in [0.15, 0.2) is 5.82 Å². The molecule has 1 aliphatic rings. The van der Waals surface area contributed by atoms with Crippen molar-refractivity contribution in [1.29, 1.82) is 0 Å². The molecule has 0 saturated heterocycles. The highest BCUT2D eigenvalue weighted by Gasteiger charge is 2.28. The number of allylic oxidation sites excluding steroid dienone is 1. The SMILES string of the molecule is Cc1nnc(-c2ccc(-n3c(C(=CN)Cc4ccccc4)nc4c(c3=O)CCN(C(=O)c3ccc(Br)c(Cl)c3)C4)cc2)n1C. The number of nitrogens with two attached hydrogens (primary N) is 1. The predicted octanol–water partition coefficient (Wildman–Crippen LogP) is 5.49. The molecule has 0 bridgehead atoms. The van der Waals surface area contributed by atoms with E-state index in [1.54, 1.807) is 27.7 Å². The van der Waals surface area contributed by atoms with Gasteiger partial charge >= 0.3 is 0 Å². The molecule has 3 aromatic carbocycles. The van der Waals surface area contributed by atoms with Crippen molar-refractivity contribution in [1.82, 2.24) is 29.2 Å². The molecule has 0 spiro atoms. The zero-order valence-corrected chi connectivity index (χ0v) is 26.5. The highest BCUT2D eigenvalue weighted by molar-refractivity contribution is 9.10. The van der Waals surface area contributed by atoms with E-state index in [0.717, 1.165) is 22.8 Å². The van der Waals surface area contributed by atoms with Crippen molar-refractivity contribution in [2.45, 2.75) is 26.3 Å². The summed E-state index contributed by atoms with van der Waals surface area (Å²) < 4.78 is 4.25. The summed E-state index contributed by atoms with van der Waals surface area (Å²) in [4.78, 5) is 34.4. The second kappa shape index (κ2) is 12.2. The molecule has 6 rings (SSSR count). The van der Waals surface area contributed by atoms with E-state index in [0.29, 0.717) is 62.8 Å². The zero-order chi connectivity index (χ0) is 31.0. The van der Waals surface area contributed by atoms with Crippen LogP contribution < -0.4 is 11.3 Å². The summed E-state index contributed by atoms with van der Waals surface area (Å²) in [6.45, 7) is 2.47. The van der Waals surface area contributed by atoms with Crippen LogP contribution in [0.5, 0.6) is 0 Å². The minimum atomic E-state index is -0.182. The first-order valence-electron chi connectivity index (χ1n) is 14.1. The normalized spacial score (nSPS) is 13.2. The van der Waals surface area contributed by atoms with Crippen LogP contribution in [0, 0.1) is 6.92 Å². The first kappa shape index (κ1) is 29.5.